The van der Waals surface area contributed by atoms with Crippen LogP contribution >= 0.6 is 25.3 Å². The molecule has 0 unspecified atom stereocenters. The van der Waals surface area contributed by atoms with Gasteiger partial charge in [-0.1, -0.05) is 0 Å². The Bertz CT molecular complexity index is 21.6. The van der Waals surface area contributed by atoms with Crippen molar-refractivity contribution >= 4 is 35.5 Å². The van der Waals surface area contributed by atoms with Crippen molar-refractivity contribution in [3.05, 3.63) is 0 Å². The van der Waals surface area contributed by atoms with Crippen LogP contribution in [0, 0.1) is 0 Å². The van der Waals surface area contributed by atoms with Crippen LogP contribution < -0.4 is 0 Å². The molecule has 0 aliphatic heterocycles. The van der Waals surface area contributed by atoms with Gasteiger partial charge in [0.1, 0.15) is 0 Å². The molecule has 0 N–H and O–H groups in total. The second-order valence-corrected chi connectivity index (χ2v) is 3.36. The quantitative estimate of drug-likeness (QED) is 0.273. The van der Waals surface area contributed by atoms with Gasteiger partial charge in [-0.2, -0.15) is 25.3 Å². The minimum Gasteiger partial charge on any atom is -0.166 e. The Morgan fingerprint density at radius 2 is 1.80 bits per heavy atom. The van der Waals surface area contributed by atoms with Crippen LogP contribution in [0.2, 0.25) is 6.04 Å². The molecule has 0 aliphatic carbocycles. The summed E-state index contributed by atoms with van der Waals surface area (Å²) < 4.78 is 0.335. The van der Waals surface area contributed by atoms with Crippen molar-refractivity contribution < 1.29 is 0 Å². The topological polar surface area (TPSA) is 0 Å². The fourth-order valence-electron chi connectivity index (χ4n) is 0. The summed E-state index contributed by atoms with van der Waals surface area (Å²) in [6, 6.07) is 1.17. The highest BCUT2D eigenvalue weighted by Crippen LogP contribution is 2.00. The predicted molar refractivity (Wildman–Crippen MR) is 36.5 cm³/mol. The van der Waals surface area contributed by atoms with Crippen LogP contribution in [-0.2, 0) is 0 Å². The minimum atomic E-state index is 0.335. The zero-order valence-corrected chi connectivity index (χ0v) is 6.97. The molecule has 0 nitrogen and oxygen atoms in total. The fraction of sp³-hybridized carbons (Fsp3) is 1.00. The monoisotopic (exact) mass is 124 g/mol. The molecule has 0 aromatic carbocycles. The predicted octanol–water partition coefficient (Wildman–Crippen LogP) is -0.0442. The van der Waals surface area contributed by atoms with Gasteiger partial charge in [-0.3, -0.25) is 0 Å². The summed E-state index contributed by atoms with van der Waals surface area (Å²) in [6.07, 6.45) is 0. The van der Waals surface area contributed by atoms with E-state index in [-0.39, 0.29) is 0 Å². The molecule has 0 saturated carbocycles. The smallest absolute Gasteiger partial charge is 0.0411 e. The largest absolute Gasteiger partial charge is 0.166 e. The molecular formula is C2H8S2Si. The van der Waals surface area contributed by atoms with Crippen molar-refractivity contribution in [2.24, 2.45) is 0 Å². The standard InChI is InChI=1S/C2H8S2Si/c3-2(4)1-5/h2-4H,1H2,5H3. The summed E-state index contributed by atoms with van der Waals surface area (Å²) >= 11 is 7.99. The number of hydrogen-bond donors (Lipinski definition) is 2. The van der Waals surface area contributed by atoms with E-state index >= 15 is 0 Å². The molecule has 0 rings (SSSR count). The van der Waals surface area contributed by atoms with Crippen LogP contribution in [0.5, 0.6) is 0 Å². The van der Waals surface area contributed by atoms with Crippen molar-refractivity contribution in [3.8, 4) is 0 Å². The van der Waals surface area contributed by atoms with E-state index in [9.17, 15) is 0 Å². The SMILES string of the molecule is [SiH3]CC(S)S. The highest BCUT2D eigenvalue weighted by molar-refractivity contribution is 7.99. The van der Waals surface area contributed by atoms with E-state index in [4.69, 9.17) is 0 Å². The molecule has 0 spiro atoms. The van der Waals surface area contributed by atoms with Gasteiger partial charge in [0.15, 0.2) is 0 Å². The fourth-order valence-corrected chi connectivity index (χ4v) is 0. The first-order valence-corrected chi connectivity index (χ1v) is 4.08. The van der Waals surface area contributed by atoms with Crippen LogP contribution in [0.4, 0.5) is 0 Å². The van der Waals surface area contributed by atoms with E-state index in [1.807, 2.05) is 0 Å². The molecule has 0 fully saturated rings. The third-order valence-electron chi connectivity index (χ3n) is 0.365. The highest BCUT2D eigenvalue weighted by atomic mass is 32.2. The van der Waals surface area contributed by atoms with Crippen LogP contribution in [0.15, 0.2) is 0 Å². The van der Waals surface area contributed by atoms with Gasteiger partial charge in [0.05, 0.1) is 0 Å². The van der Waals surface area contributed by atoms with Gasteiger partial charge in [0.25, 0.3) is 0 Å². The molecule has 32 valence electrons. The van der Waals surface area contributed by atoms with Gasteiger partial charge in [0, 0.05) is 14.8 Å². The summed E-state index contributed by atoms with van der Waals surface area (Å²) in [4.78, 5) is 0. The molecule has 3 heteroatoms. The lowest BCUT2D eigenvalue weighted by Crippen LogP contribution is -1.79. The molecule has 5 heavy (non-hydrogen) atoms. The molecule has 0 amide bonds. The Balaban J connectivity index is 2.54. The summed E-state index contributed by atoms with van der Waals surface area (Å²) in [6.45, 7) is 0. The summed E-state index contributed by atoms with van der Waals surface area (Å²) in [5, 5.41) is 0. The van der Waals surface area contributed by atoms with Gasteiger partial charge in [-0.25, -0.2) is 0 Å². The molecule has 0 aromatic heterocycles. The summed E-state index contributed by atoms with van der Waals surface area (Å²) in [5.41, 5.74) is 0. The normalized spacial score (nSPS) is 10.2. The van der Waals surface area contributed by atoms with Gasteiger partial charge in [-0.05, 0) is 6.04 Å². The van der Waals surface area contributed by atoms with E-state index in [1.165, 1.54) is 16.3 Å². The van der Waals surface area contributed by atoms with Crippen molar-refractivity contribution in [3.63, 3.8) is 0 Å². The minimum absolute atomic E-state index is 0.335. The molecular weight excluding hydrogens is 116 g/mol. The van der Waals surface area contributed by atoms with Gasteiger partial charge >= 0.3 is 0 Å². The Morgan fingerprint density at radius 1 is 1.60 bits per heavy atom. The lowest BCUT2D eigenvalue weighted by molar-refractivity contribution is 1.43. The first-order chi connectivity index (χ1) is 2.27. The number of hydrogen-bond acceptors (Lipinski definition) is 2. The molecule has 0 bridgehead atoms. The van der Waals surface area contributed by atoms with Gasteiger partial charge in [-0.15, -0.1) is 0 Å². The lowest BCUT2D eigenvalue weighted by atomic mass is 10.9. The first kappa shape index (κ1) is 5.92. The maximum Gasteiger partial charge on any atom is 0.0411 e. The average molecular weight is 124 g/mol. The van der Waals surface area contributed by atoms with Crippen molar-refractivity contribution in [2.75, 3.05) is 0 Å². The van der Waals surface area contributed by atoms with E-state index in [0.29, 0.717) is 4.58 Å². The Morgan fingerprint density at radius 3 is 1.80 bits per heavy atom. The van der Waals surface area contributed by atoms with Crippen LogP contribution in [0.1, 0.15) is 0 Å². The average Bonchev–Trinajstić information content (AvgIpc) is 1.38. The van der Waals surface area contributed by atoms with Crippen LogP contribution in [0.25, 0.3) is 0 Å². The lowest BCUT2D eigenvalue weighted by Gasteiger charge is -1.88. The molecule has 0 radical (unpaired) electrons. The zero-order chi connectivity index (χ0) is 4.28. The third kappa shape index (κ3) is 4.92. The van der Waals surface area contributed by atoms with E-state index in [1.54, 1.807) is 0 Å². The van der Waals surface area contributed by atoms with Crippen molar-refractivity contribution in [2.45, 2.75) is 10.6 Å². The summed E-state index contributed by atoms with van der Waals surface area (Å²) in [5.74, 6) is 0. The van der Waals surface area contributed by atoms with Crippen LogP contribution in [-0.4, -0.2) is 14.8 Å². The van der Waals surface area contributed by atoms with E-state index in [2.05, 4.69) is 25.3 Å². The molecule has 0 aliphatic rings. The second-order valence-electron chi connectivity index (χ2n) is 0.889. The molecule has 0 aromatic rings. The van der Waals surface area contributed by atoms with Crippen LogP contribution in [0.3, 0.4) is 0 Å². The van der Waals surface area contributed by atoms with E-state index in [0.717, 1.165) is 0 Å². The first-order valence-electron chi connectivity index (χ1n) is 1.63. The maximum atomic E-state index is 4.00. The highest BCUT2D eigenvalue weighted by Gasteiger charge is 1.82. The molecule has 0 heterocycles. The van der Waals surface area contributed by atoms with Crippen molar-refractivity contribution in [1.29, 1.82) is 0 Å². The summed E-state index contributed by atoms with van der Waals surface area (Å²) in [7, 11) is 1.22. The Labute approximate surface area is 46.6 Å². The Kier molecular flexibility index (Phi) is 3.69. The van der Waals surface area contributed by atoms with Crippen molar-refractivity contribution in [1.82, 2.24) is 0 Å². The number of thiol groups is 2. The maximum absolute atomic E-state index is 4.00. The second kappa shape index (κ2) is 3.12. The zero-order valence-electron chi connectivity index (χ0n) is 3.18. The van der Waals surface area contributed by atoms with E-state index < -0.39 is 0 Å². The van der Waals surface area contributed by atoms with Gasteiger partial charge < -0.3 is 0 Å². The molecule has 0 atom stereocenters. The number of rotatable bonds is 1. The van der Waals surface area contributed by atoms with Gasteiger partial charge in [0.2, 0.25) is 0 Å². The molecule has 0 saturated heterocycles. The third-order valence-corrected chi connectivity index (χ3v) is 3.29. The Hall–Kier alpha value is 0.917.